The van der Waals surface area contributed by atoms with Crippen LogP contribution in [-0.2, 0) is 22.6 Å². The number of benzene rings is 3. The Balaban J connectivity index is 1.51. The lowest BCUT2D eigenvalue weighted by molar-refractivity contribution is -0.146. The zero-order valence-corrected chi connectivity index (χ0v) is 21.1. The maximum atomic E-state index is 13.4. The molecule has 0 unspecified atom stereocenters. The van der Waals surface area contributed by atoms with E-state index in [4.69, 9.17) is 4.74 Å². The molecule has 1 fully saturated rings. The van der Waals surface area contributed by atoms with Crippen LogP contribution >= 0.6 is 0 Å². The van der Waals surface area contributed by atoms with Gasteiger partial charge >= 0.3 is 0 Å². The van der Waals surface area contributed by atoms with Crippen LogP contribution in [0.25, 0.3) is 11.1 Å². The maximum absolute atomic E-state index is 13.4. The molecule has 36 heavy (non-hydrogen) atoms. The molecular weight excluding hydrogens is 450 g/mol. The Morgan fingerprint density at radius 3 is 2.42 bits per heavy atom. The summed E-state index contributed by atoms with van der Waals surface area (Å²) in [7, 11) is 1.65. The molecule has 0 aromatic heterocycles. The van der Waals surface area contributed by atoms with Crippen molar-refractivity contribution < 1.29 is 19.4 Å². The molecule has 4 rings (SSSR count). The Labute approximate surface area is 213 Å². The molecule has 3 aromatic rings. The van der Waals surface area contributed by atoms with E-state index < -0.39 is 12.0 Å². The molecule has 1 aliphatic heterocycles. The summed E-state index contributed by atoms with van der Waals surface area (Å²) < 4.78 is 5.36. The molecule has 1 heterocycles. The molecule has 1 amide bonds. The van der Waals surface area contributed by atoms with Crippen LogP contribution in [0.2, 0.25) is 0 Å². The minimum absolute atomic E-state index is 0.0173. The number of aliphatic hydroxyl groups excluding tert-OH is 1. The van der Waals surface area contributed by atoms with Crippen LogP contribution in [0, 0.1) is 11.8 Å². The molecule has 0 saturated carbocycles. The molecule has 3 aromatic carbocycles. The van der Waals surface area contributed by atoms with Gasteiger partial charge in [-0.3, -0.25) is 4.79 Å². The number of ketones is 1. The normalized spacial score (nSPS) is 17.5. The monoisotopic (exact) mass is 485 g/mol. The van der Waals surface area contributed by atoms with Gasteiger partial charge in [-0.25, -0.2) is 0 Å². The van der Waals surface area contributed by atoms with Crippen molar-refractivity contribution in [2.24, 2.45) is 11.8 Å². The molecule has 0 bridgehead atoms. The second kappa shape index (κ2) is 12.0. The number of aliphatic hydroxyl groups is 1. The lowest BCUT2D eigenvalue weighted by Gasteiger charge is -2.37. The lowest BCUT2D eigenvalue weighted by atomic mass is 9.79. The average Bonchev–Trinajstić information content (AvgIpc) is 2.90. The van der Waals surface area contributed by atoms with Crippen molar-refractivity contribution in [2.45, 2.75) is 45.3 Å². The van der Waals surface area contributed by atoms with Crippen molar-refractivity contribution in [3.63, 3.8) is 0 Å². The highest BCUT2D eigenvalue weighted by molar-refractivity contribution is 5.80. The second-order valence-electron chi connectivity index (χ2n) is 9.79. The lowest BCUT2D eigenvalue weighted by Crippen LogP contribution is -2.47. The molecule has 0 aliphatic carbocycles. The third-order valence-electron chi connectivity index (χ3n) is 7.06. The van der Waals surface area contributed by atoms with Gasteiger partial charge in [-0.05, 0) is 66.5 Å². The van der Waals surface area contributed by atoms with Crippen molar-refractivity contribution >= 4 is 11.7 Å². The average molecular weight is 486 g/mol. The molecule has 188 valence electrons. The summed E-state index contributed by atoms with van der Waals surface area (Å²) >= 11 is 0. The van der Waals surface area contributed by atoms with Gasteiger partial charge < -0.3 is 19.5 Å². The van der Waals surface area contributed by atoms with Gasteiger partial charge in [0.25, 0.3) is 0 Å². The predicted octanol–water partition coefficient (Wildman–Crippen LogP) is 5.30. The fourth-order valence-electron chi connectivity index (χ4n) is 5.24. The quantitative estimate of drug-likeness (QED) is 0.423. The Bertz CT molecular complexity index is 1180. The van der Waals surface area contributed by atoms with E-state index in [1.807, 2.05) is 77.7 Å². The van der Waals surface area contributed by atoms with Crippen LogP contribution in [0.5, 0.6) is 5.75 Å². The summed E-state index contributed by atoms with van der Waals surface area (Å²) in [4.78, 5) is 27.4. The maximum Gasteiger partial charge on any atom is 0.228 e. The molecule has 0 spiro atoms. The summed E-state index contributed by atoms with van der Waals surface area (Å²) in [5, 5.41) is 11.4. The molecule has 5 heteroatoms. The molecule has 1 saturated heterocycles. The van der Waals surface area contributed by atoms with E-state index in [0.29, 0.717) is 25.9 Å². The minimum atomic E-state index is -0.875. The predicted molar refractivity (Wildman–Crippen MR) is 142 cm³/mol. The van der Waals surface area contributed by atoms with E-state index in [-0.39, 0.29) is 24.0 Å². The molecular formula is C31H35NO4. The number of piperidine rings is 1. The summed E-state index contributed by atoms with van der Waals surface area (Å²) in [6, 6.07) is 26.0. The number of hydrogen-bond acceptors (Lipinski definition) is 4. The third kappa shape index (κ3) is 6.41. The van der Waals surface area contributed by atoms with Crippen LogP contribution in [0.4, 0.5) is 0 Å². The van der Waals surface area contributed by atoms with Crippen molar-refractivity contribution in [3.05, 3.63) is 90.0 Å². The third-order valence-corrected chi connectivity index (χ3v) is 7.06. The van der Waals surface area contributed by atoms with E-state index in [1.54, 1.807) is 14.0 Å². The van der Waals surface area contributed by atoms with Crippen LogP contribution in [0.15, 0.2) is 78.9 Å². The Kier molecular flexibility index (Phi) is 8.55. The highest BCUT2D eigenvalue weighted by Gasteiger charge is 2.38. The number of rotatable bonds is 10. The molecule has 1 aliphatic rings. The van der Waals surface area contributed by atoms with Gasteiger partial charge in [0, 0.05) is 19.5 Å². The van der Waals surface area contributed by atoms with E-state index in [2.05, 4.69) is 6.07 Å². The number of amides is 1. The van der Waals surface area contributed by atoms with Crippen molar-refractivity contribution in [1.82, 2.24) is 4.90 Å². The number of nitrogens with zero attached hydrogens (tertiary/aromatic N) is 1. The van der Waals surface area contributed by atoms with E-state index >= 15 is 0 Å². The standard InChI is InChI=1S/C31H35NO4/c1-22(33)17-27(19-24-11-6-12-25(18-24)26-13-7-14-28(20-26)36-2)30(34)29-15-8-16-32(31(29)35)21-23-9-4-3-5-10-23/h3-7,9-14,18,20,27,29-30,34H,8,15-17,19,21H2,1-2H3/t27-,29-,30-/m0/s1. The number of ether oxygens (including phenoxy) is 1. The topological polar surface area (TPSA) is 66.8 Å². The number of methoxy groups -OCH3 is 1. The summed E-state index contributed by atoms with van der Waals surface area (Å²) in [6.45, 7) is 2.79. The van der Waals surface area contributed by atoms with E-state index in [0.717, 1.165) is 34.4 Å². The first-order chi connectivity index (χ1) is 17.4. The van der Waals surface area contributed by atoms with Crippen molar-refractivity contribution in [2.75, 3.05) is 13.7 Å². The van der Waals surface area contributed by atoms with Gasteiger partial charge in [0.15, 0.2) is 0 Å². The van der Waals surface area contributed by atoms with Crippen LogP contribution in [0.3, 0.4) is 0 Å². The first-order valence-electron chi connectivity index (χ1n) is 12.7. The number of hydrogen-bond donors (Lipinski definition) is 1. The van der Waals surface area contributed by atoms with Gasteiger partial charge in [0.1, 0.15) is 11.5 Å². The number of carbonyl (C=O) groups is 2. The van der Waals surface area contributed by atoms with Crippen molar-refractivity contribution in [3.8, 4) is 16.9 Å². The highest BCUT2D eigenvalue weighted by atomic mass is 16.5. The molecule has 3 atom stereocenters. The highest BCUT2D eigenvalue weighted by Crippen LogP contribution is 2.31. The van der Waals surface area contributed by atoms with Crippen molar-refractivity contribution in [1.29, 1.82) is 0 Å². The van der Waals surface area contributed by atoms with Gasteiger partial charge in [-0.1, -0.05) is 66.7 Å². The Hall–Kier alpha value is -3.44. The van der Waals surface area contributed by atoms with E-state index in [9.17, 15) is 14.7 Å². The molecule has 1 N–H and O–H groups in total. The van der Waals surface area contributed by atoms with E-state index in [1.165, 1.54) is 0 Å². The summed E-state index contributed by atoms with van der Waals surface area (Å²) in [5.41, 5.74) is 4.20. The second-order valence-corrected chi connectivity index (χ2v) is 9.79. The minimum Gasteiger partial charge on any atom is -0.497 e. The SMILES string of the molecule is COc1cccc(-c2cccc(C[C@H](CC(C)=O)[C@H](O)[C@@H]3CCCN(Cc4ccccc4)C3=O)c2)c1. The Morgan fingerprint density at radius 1 is 1.00 bits per heavy atom. The van der Waals surface area contributed by atoms with Gasteiger partial charge in [-0.2, -0.15) is 0 Å². The first-order valence-corrected chi connectivity index (χ1v) is 12.7. The number of likely N-dealkylation sites (tertiary alicyclic amines) is 1. The van der Waals surface area contributed by atoms with Gasteiger partial charge in [0.05, 0.1) is 19.1 Å². The fourth-order valence-corrected chi connectivity index (χ4v) is 5.24. The van der Waals surface area contributed by atoms with Crippen LogP contribution < -0.4 is 4.74 Å². The first kappa shape index (κ1) is 25.6. The van der Waals surface area contributed by atoms with Gasteiger partial charge in [0.2, 0.25) is 5.91 Å². The Morgan fingerprint density at radius 2 is 1.69 bits per heavy atom. The number of Topliss-reactive ketones (excluding diaryl/α,β-unsaturated/α-hetero) is 1. The molecule has 0 radical (unpaired) electrons. The zero-order chi connectivity index (χ0) is 25.5. The summed E-state index contributed by atoms with van der Waals surface area (Å²) in [5.74, 6) is -0.0237. The summed E-state index contributed by atoms with van der Waals surface area (Å²) in [6.07, 6.45) is 1.39. The zero-order valence-electron chi connectivity index (χ0n) is 21.1. The largest absolute Gasteiger partial charge is 0.497 e. The number of carbonyl (C=O) groups excluding carboxylic acids is 2. The smallest absolute Gasteiger partial charge is 0.228 e. The fraction of sp³-hybridized carbons (Fsp3) is 0.355. The molecule has 5 nitrogen and oxygen atoms in total. The van der Waals surface area contributed by atoms with Gasteiger partial charge in [-0.15, -0.1) is 0 Å². The van der Waals surface area contributed by atoms with Crippen LogP contribution in [0.1, 0.15) is 37.3 Å². The van der Waals surface area contributed by atoms with Crippen LogP contribution in [-0.4, -0.2) is 41.5 Å².